The number of fused-ring (bicyclic) bond motifs is 2. The number of hydroxylamine groups is 1. The van der Waals surface area contributed by atoms with E-state index < -0.39 is 5.91 Å². The summed E-state index contributed by atoms with van der Waals surface area (Å²) in [6.45, 7) is 0.227. The van der Waals surface area contributed by atoms with E-state index in [1.54, 1.807) is 28.4 Å². The first-order valence-corrected chi connectivity index (χ1v) is 8.88. The van der Waals surface area contributed by atoms with Gasteiger partial charge in [-0.3, -0.25) is 19.6 Å². The van der Waals surface area contributed by atoms with Crippen LogP contribution in [0.2, 0.25) is 0 Å². The van der Waals surface area contributed by atoms with Gasteiger partial charge < -0.3 is 14.5 Å². The van der Waals surface area contributed by atoms with E-state index in [0.717, 1.165) is 16.8 Å². The van der Waals surface area contributed by atoms with Crippen LogP contribution in [0.1, 0.15) is 27.9 Å². The predicted octanol–water partition coefficient (Wildman–Crippen LogP) is 1.64. The highest BCUT2D eigenvalue weighted by Crippen LogP contribution is 2.35. The lowest BCUT2D eigenvalue weighted by Gasteiger charge is -2.31. The number of nitrogens with one attached hydrogen (secondary N) is 1. The number of aryl methyl sites for hydroxylation is 1. The zero-order valence-corrected chi connectivity index (χ0v) is 15.3. The van der Waals surface area contributed by atoms with Gasteiger partial charge in [-0.1, -0.05) is 12.1 Å². The quantitative estimate of drug-likeness (QED) is 0.622. The van der Waals surface area contributed by atoms with Crippen molar-refractivity contribution < 1.29 is 24.3 Å². The lowest BCUT2D eigenvalue weighted by atomic mass is 9.98. The van der Waals surface area contributed by atoms with Gasteiger partial charge in [0.1, 0.15) is 5.75 Å². The molecule has 2 aliphatic heterocycles. The highest BCUT2D eigenvalue weighted by molar-refractivity contribution is 6.01. The first-order chi connectivity index (χ1) is 13.5. The summed E-state index contributed by atoms with van der Waals surface area (Å²) in [6, 6.07) is 10.4. The van der Waals surface area contributed by atoms with E-state index in [-0.39, 0.29) is 24.0 Å². The predicted molar refractivity (Wildman–Crippen MR) is 101 cm³/mol. The number of hydrogen-bond donors (Lipinski definition) is 2. The second-order valence-corrected chi connectivity index (χ2v) is 6.81. The summed E-state index contributed by atoms with van der Waals surface area (Å²) in [5.74, 6) is -0.300. The average molecular weight is 381 g/mol. The van der Waals surface area contributed by atoms with E-state index in [1.807, 2.05) is 18.2 Å². The molecule has 2 N–H and O–H groups in total. The lowest BCUT2D eigenvalue weighted by molar-refractivity contribution is -0.121. The molecule has 0 radical (unpaired) electrons. The Labute approximate surface area is 161 Å². The number of carbonyl (C=O) groups excluding carboxylic acids is 3. The van der Waals surface area contributed by atoms with Crippen molar-refractivity contribution in [3.05, 3.63) is 53.1 Å². The van der Waals surface area contributed by atoms with Gasteiger partial charge in [0.05, 0.1) is 12.2 Å². The number of anilines is 2. The minimum atomic E-state index is -0.665. The molecule has 2 heterocycles. The Kier molecular flexibility index (Phi) is 4.48. The summed E-state index contributed by atoms with van der Waals surface area (Å²) in [4.78, 5) is 39.3. The van der Waals surface area contributed by atoms with Gasteiger partial charge in [-0.2, -0.15) is 0 Å². The fourth-order valence-corrected chi connectivity index (χ4v) is 3.57. The molecule has 0 unspecified atom stereocenters. The molecular weight excluding hydrogens is 362 g/mol. The fraction of sp³-hybridized carbons (Fsp3) is 0.250. The first-order valence-electron chi connectivity index (χ1n) is 8.88. The van der Waals surface area contributed by atoms with Crippen LogP contribution in [0.5, 0.6) is 5.75 Å². The van der Waals surface area contributed by atoms with Gasteiger partial charge in [0.2, 0.25) is 5.91 Å². The molecule has 4 rings (SSSR count). The van der Waals surface area contributed by atoms with Crippen LogP contribution in [0.4, 0.5) is 11.4 Å². The number of hydrogen-bond acceptors (Lipinski definition) is 5. The monoisotopic (exact) mass is 381 g/mol. The standard InChI is InChI=1S/C20H19N3O5/c1-22-15-5-2-12(8-13(15)4-7-18(22)24)10-23-16-9-14(20(26)21-27)3-6-17(16)28-11-19(23)25/h2-3,5-6,8-9,27H,4,7,10-11H2,1H3,(H,21,26). The topological polar surface area (TPSA) is 99.2 Å². The maximum atomic E-state index is 12.5. The van der Waals surface area contributed by atoms with E-state index in [2.05, 4.69) is 0 Å². The molecule has 2 aromatic rings. The number of carbonyl (C=O) groups is 3. The third kappa shape index (κ3) is 3.07. The summed E-state index contributed by atoms with van der Waals surface area (Å²) >= 11 is 0. The second kappa shape index (κ2) is 6.97. The second-order valence-electron chi connectivity index (χ2n) is 6.81. The largest absolute Gasteiger partial charge is 0.482 e. The highest BCUT2D eigenvalue weighted by Gasteiger charge is 2.27. The van der Waals surface area contributed by atoms with Crippen molar-refractivity contribution in [3.63, 3.8) is 0 Å². The highest BCUT2D eigenvalue weighted by atomic mass is 16.5. The maximum Gasteiger partial charge on any atom is 0.274 e. The van der Waals surface area contributed by atoms with E-state index in [1.165, 1.54) is 12.1 Å². The summed E-state index contributed by atoms with van der Waals surface area (Å²) < 4.78 is 5.46. The molecule has 0 spiro atoms. The molecule has 2 aromatic carbocycles. The van der Waals surface area contributed by atoms with Crippen molar-refractivity contribution in [2.24, 2.45) is 0 Å². The van der Waals surface area contributed by atoms with Crippen molar-refractivity contribution in [2.45, 2.75) is 19.4 Å². The molecule has 0 saturated heterocycles. The normalized spacial score (nSPS) is 15.6. The smallest absolute Gasteiger partial charge is 0.274 e. The summed E-state index contributed by atoms with van der Waals surface area (Å²) in [7, 11) is 1.76. The van der Waals surface area contributed by atoms with Gasteiger partial charge in [-0.25, -0.2) is 5.48 Å². The van der Waals surface area contributed by atoms with Gasteiger partial charge in [-0.05, 0) is 41.8 Å². The van der Waals surface area contributed by atoms with Gasteiger partial charge in [0, 0.05) is 24.7 Å². The summed E-state index contributed by atoms with van der Waals surface area (Å²) in [5.41, 5.74) is 5.15. The molecule has 8 nitrogen and oxygen atoms in total. The molecule has 0 saturated carbocycles. The zero-order valence-electron chi connectivity index (χ0n) is 15.3. The molecule has 0 aromatic heterocycles. The molecule has 28 heavy (non-hydrogen) atoms. The Hall–Kier alpha value is -3.39. The van der Waals surface area contributed by atoms with Gasteiger partial charge in [0.15, 0.2) is 6.61 Å². The van der Waals surface area contributed by atoms with Gasteiger partial charge in [-0.15, -0.1) is 0 Å². The van der Waals surface area contributed by atoms with Crippen LogP contribution >= 0.6 is 0 Å². The van der Waals surface area contributed by atoms with E-state index in [0.29, 0.717) is 30.8 Å². The SMILES string of the molecule is CN1C(=O)CCc2cc(CN3C(=O)COc4ccc(C(=O)NO)cc43)ccc21. The van der Waals surface area contributed by atoms with Crippen molar-refractivity contribution in [3.8, 4) is 5.75 Å². The van der Waals surface area contributed by atoms with E-state index in [9.17, 15) is 14.4 Å². The third-order valence-corrected chi connectivity index (χ3v) is 5.09. The van der Waals surface area contributed by atoms with Crippen LogP contribution in [-0.4, -0.2) is 36.6 Å². The van der Waals surface area contributed by atoms with Crippen molar-refractivity contribution in [1.29, 1.82) is 0 Å². The molecular formula is C20H19N3O5. The number of nitrogens with zero attached hydrogens (tertiary/aromatic N) is 2. The summed E-state index contributed by atoms with van der Waals surface area (Å²) in [5, 5.41) is 8.86. The third-order valence-electron chi connectivity index (χ3n) is 5.09. The number of rotatable bonds is 3. The average Bonchev–Trinajstić information content (AvgIpc) is 2.72. The van der Waals surface area contributed by atoms with E-state index in [4.69, 9.17) is 9.94 Å². The summed E-state index contributed by atoms with van der Waals surface area (Å²) in [6.07, 6.45) is 1.13. The Balaban J connectivity index is 1.66. The van der Waals surface area contributed by atoms with Gasteiger partial charge >= 0.3 is 0 Å². The molecule has 0 fully saturated rings. The first kappa shape index (κ1) is 18.0. The van der Waals surface area contributed by atoms with Gasteiger partial charge in [0.25, 0.3) is 11.8 Å². The lowest BCUT2D eigenvalue weighted by Crippen LogP contribution is -2.38. The molecule has 0 bridgehead atoms. The minimum Gasteiger partial charge on any atom is -0.482 e. The number of amides is 3. The molecule has 0 aliphatic carbocycles. The Morgan fingerprint density at radius 1 is 1.11 bits per heavy atom. The number of ether oxygens (including phenoxy) is 1. The van der Waals surface area contributed by atoms with Crippen LogP contribution in [-0.2, 0) is 22.6 Å². The maximum absolute atomic E-state index is 12.5. The molecule has 0 atom stereocenters. The van der Waals surface area contributed by atoms with Crippen LogP contribution < -0.4 is 20.0 Å². The van der Waals surface area contributed by atoms with Crippen molar-refractivity contribution >= 4 is 29.1 Å². The number of benzene rings is 2. The molecule has 2 aliphatic rings. The van der Waals surface area contributed by atoms with Crippen LogP contribution in [0, 0.1) is 0 Å². The molecule has 3 amide bonds. The molecule has 144 valence electrons. The van der Waals surface area contributed by atoms with E-state index >= 15 is 0 Å². The fourth-order valence-electron chi connectivity index (χ4n) is 3.57. The Bertz CT molecular complexity index is 988. The van der Waals surface area contributed by atoms with Crippen molar-refractivity contribution in [2.75, 3.05) is 23.5 Å². The molecule has 8 heteroatoms. The van der Waals surface area contributed by atoms with Crippen molar-refractivity contribution in [1.82, 2.24) is 5.48 Å². The Morgan fingerprint density at radius 3 is 2.71 bits per heavy atom. The minimum absolute atomic E-state index is 0.0826. The van der Waals surface area contributed by atoms with Crippen LogP contribution in [0.15, 0.2) is 36.4 Å². The van der Waals surface area contributed by atoms with Crippen LogP contribution in [0.25, 0.3) is 0 Å². The Morgan fingerprint density at radius 2 is 1.93 bits per heavy atom. The van der Waals surface area contributed by atoms with Crippen LogP contribution in [0.3, 0.4) is 0 Å². The zero-order chi connectivity index (χ0) is 19.8.